The molecule has 1 saturated heterocycles. The van der Waals surface area contributed by atoms with Gasteiger partial charge < -0.3 is 20.1 Å². The molecule has 1 atom stereocenters. The number of benzene rings is 2. The number of methoxy groups -OCH3 is 1. The van der Waals surface area contributed by atoms with Gasteiger partial charge in [0.1, 0.15) is 11.5 Å². The van der Waals surface area contributed by atoms with Crippen molar-refractivity contribution >= 4 is 38.3 Å². The number of thiazole rings is 1. The van der Waals surface area contributed by atoms with Crippen molar-refractivity contribution in [3.63, 3.8) is 0 Å². The number of anilines is 2. The minimum absolute atomic E-state index is 0.0203. The molecule has 2 heterocycles. The number of ether oxygens (including phenoxy) is 1. The maximum Gasteiger partial charge on any atom is 0.229 e. The second-order valence-electron chi connectivity index (χ2n) is 6.65. The van der Waals surface area contributed by atoms with E-state index in [4.69, 9.17) is 9.72 Å². The van der Waals surface area contributed by atoms with Gasteiger partial charge in [-0.2, -0.15) is 0 Å². The third-order valence-corrected chi connectivity index (χ3v) is 5.84. The summed E-state index contributed by atoms with van der Waals surface area (Å²) in [5.74, 6) is 0.832. The first-order valence-electron chi connectivity index (χ1n) is 8.92. The Morgan fingerprint density at radius 1 is 1.33 bits per heavy atom. The minimum Gasteiger partial charge on any atom is -0.508 e. The van der Waals surface area contributed by atoms with Crippen molar-refractivity contribution in [2.45, 2.75) is 12.8 Å². The molecule has 1 fully saturated rings. The fourth-order valence-corrected chi connectivity index (χ4v) is 4.38. The maximum atomic E-state index is 12.7. The van der Waals surface area contributed by atoms with Crippen molar-refractivity contribution in [1.29, 1.82) is 0 Å². The van der Waals surface area contributed by atoms with Crippen molar-refractivity contribution in [2.75, 3.05) is 30.4 Å². The van der Waals surface area contributed by atoms with E-state index in [0.29, 0.717) is 12.2 Å². The van der Waals surface area contributed by atoms with Crippen LogP contribution in [0, 0.1) is 5.92 Å². The van der Waals surface area contributed by atoms with Gasteiger partial charge in [-0.3, -0.25) is 4.79 Å². The summed E-state index contributed by atoms with van der Waals surface area (Å²) in [7, 11) is 1.66. The highest BCUT2D eigenvalue weighted by Gasteiger charge is 2.27. The van der Waals surface area contributed by atoms with Crippen LogP contribution >= 0.6 is 11.3 Å². The molecule has 0 spiro atoms. The third-order valence-electron chi connectivity index (χ3n) is 4.76. The highest BCUT2D eigenvalue weighted by atomic mass is 32.1. The number of piperidine rings is 1. The molecule has 0 saturated carbocycles. The lowest BCUT2D eigenvalue weighted by molar-refractivity contribution is -0.120. The summed E-state index contributed by atoms with van der Waals surface area (Å²) in [6, 6.07) is 12.5. The van der Waals surface area contributed by atoms with E-state index in [9.17, 15) is 9.90 Å². The van der Waals surface area contributed by atoms with Crippen LogP contribution in [0.15, 0.2) is 42.5 Å². The zero-order valence-electron chi connectivity index (χ0n) is 15.0. The number of fused-ring (bicyclic) bond motifs is 1. The summed E-state index contributed by atoms with van der Waals surface area (Å²) in [5, 5.41) is 13.4. The van der Waals surface area contributed by atoms with Gasteiger partial charge in [0.25, 0.3) is 0 Å². The number of phenolic OH excluding ortho intramolecular Hbond substituents is 1. The predicted octanol–water partition coefficient (Wildman–Crippen LogP) is 3.87. The Labute approximate surface area is 161 Å². The molecule has 7 heteroatoms. The van der Waals surface area contributed by atoms with E-state index in [1.54, 1.807) is 42.7 Å². The minimum atomic E-state index is -0.109. The SMILES string of the molecule is COc1ccc2nc(N3CCCC(C(=O)Nc4cccc(O)c4)C3)sc2c1. The largest absolute Gasteiger partial charge is 0.508 e. The summed E-state index contributed by atoms with van der Waals surface area (Å²) in [4.78, 5) is 19.6. The van der Waals surface area contributed by atoms with Crippen molar-refractivity contribution in [3.8, 4) is 11.5 Å². The zero-order chi connectivity index (χ0) is 18.8. The predicted molar refractivity (Wildman–Crippen MR) is 108 cm³/mol. The van der Waals surface area contributed by atoms with Crippen LogP contribution < -0.4 is 15.0 Å². The van der Waals surface area contributed by atoms with E-state index >= 15 is 0 Å². The fraction of sp³-hybridized carbons (Fsp3) is 0.300. The number of amides is 1. The van der Waals surface area contributed by atoms with Crippen LogP contribution in [0.5, 0.6) is 11.5 Å². The number of hydrogen-bond donors (Lipinski definition) is 2. The van der Waals surface area contributed by atoms with Crippen LogP contribution in [0.1, 0.15) is 12.8 Å². The number of phenols is 1. The Bertz CT molecular complexity index is 972. The maximum absolute atomic E-state index is 12.7. The van der Waals surface area contributed by atoms with Crippen LogP contribution in [0.4, 0.5) is 10.8 Å². The number of carbonyl (C=O) groups is 1. The molecule has 1 unspecified atom stereocenters. The van der Waals surface area contributed by atoms with Crippen LogP contribution in [0.2, 0.25) is 0 Å². The smallest absolute Gasteiger partial charge is 0.229 e. The molecular weight excluding hydrogens is 362 g/mol. The lowest BCUT2D eigenvalue weighted by Crippen LogP contribution is -2.40. The highest BCUT2D eigenvalue weighted by molar-refractivity contribution is 7.22. The Balaban J connectivity index is 1.48. The summed E-state index contributed by atoms with van der Waals surface area (Å²) in [6.45, 7) is 1.54. The monoisotopic (exact) mass is 383 g/mol. The molecule has 0 radical (unpaired) electrons. The van der Waals surface area contributed by atoms with Crippen LogP contribution in [0.25, 0.3) is 10.2 Å². The van der Waals surface area contributed by atoms with Gasteiger partial charge in [0, 0.05) is 24.8 Å². The number of nitrogens with one attached hydrogen (secondary N) is 1. The molecule has 27 heavy (non-hydrogen) atoms. The first kappa shape index (κ1) is 17.6. The van der Waals surface area contributed by atoms with Gasteiger partial charge in [0.05, 0.1) is 23.2 Å². The Morgan fingerprint density at radius 3 is 3.04 bits per heavy atom. The molecule has 1 aromatic heterocycles. The first-order valence-corrected chi connectivity index (χ1v) is 9.73. The van der Waals surface area contributed by atoms with Gasteiger partial charge >= 0.3 is 0 Å². The Morgan fingerprint density at radius 2 is 2.22 bits per heavy atom. The van der Waals surface area contributed by atoms with Crippen LogP contribution in [-0.4, -0.2) is 36.2 Å². The van der Waals surface area contributed by atoms with Crippen molar-refractivity contribution in [2.24, 2.45) is 5.92 Å². The number of rotatable bonds is 4. The quantitative estimate of drug-likeness (QED) is 0.715. The number of aromatic nitrogens is 1. The average molecular weight is 383 g/mol. The molecule has 0 bridgehead atoms. The first-order chi connectivity index (χ1) is 13.1. The molecular formula is C20H21N3O3S. The van der Waals surface area contributed by atoms with E-state index in [1.165, 1.54) is 0 Å². The molecule has 2 N–H and O–H groups in total. The zero-order valence-corrected chi connectivity index (χ0v) is 15.8. The van der Waals surface area contributed by atoms with E-state index in [1.807, 2.05) is 18.2 Å². The van der Waals surface area contributed by atoms with E-state index in [0.717, 1.165) is 40.5 Å². The molecule has 1 aliphatic heterocycles. The summed E-state index contributed by atoms with van der Waals surface area (Å²) >= 11 is 1.62. The van der Waals surface area contributed by atoms with Crippen molar-refractivity contribution in [3.05, 3.63) is 42.5 Å². The summed E-state index contributed by atoms with van der Waals surface area (Å²) in [5.41, 5.74) is 1.56. The number of carbonyl (C=O) groups excluding carboxylic acids is 1. The van der Waals surface area contributed by atoms with Gasteiger partial charge in [0.2, 0.25) is 5.91 Å². The Kier molecular flexibility index (Phi) is 4.85. The van der Waals surface area contributed by atoms with Crippen LogP contribution in [0.3, 0.4) is 0 Å². The average Bonchev–Trinajstić information content (AvgIpc) is 3.11. The number of nitrogens with zero attached hydrogens (tertiary/aromatic N) is 2. The van der Waals surface area contributed by atoms with Gasteiger partial charge in [-0.15, -0.1) is 0 Å². The lowest BCUT2D eigenvalue weighted by atomic mass is 9.97. The van der Waals surface area contributed by atoms with Gasteiger partial charge in [0.15, 0.2) is 5.13 Å². The molecule has 3 aromatic rings. The fourth-order valence-electron chi connectivity index (χ4n) is 3.35. The molecule has 2 aromatic carbocycles. The summed E-state index contributed by atoms with van der Waals surface area (Å²) < 4.78 is 6.36. The molecule has 140 valence electrons. The summed E-state index contributed by atoms with van der Waals surface area (Å²) in [6.07, 6.45) is 1.79. The second-order valence-corrected chi connectivity index (χ2v) is 7.66. The normalized spacial score (nSPS) is 17.1. The van der Waals surface area contributed by atoms with Gasteiger partial charge in [-0.05, 0) is 43.2 Å². The standard InChI is InChI=1S/C20H21N3O3S/c1-26-16-7-8-17-18(11-16)27-20(22-17)23-9-3-4-13(12-23)19(25)21-14-5-2-6-15(24)10-14/h2,5-8,10-11,13,24H,3-4,9,12H2,1H3,(H,21,25). The molecule has 1 amide bonds. The van der Waals surface area contributed by atoms with E-state index < -0.39 is 0 Å². The number of hydrogen-bond acceptors (Lipinski definition) is 6. The Hall–Kier alpha value is -2.80. The molecule has 6 nitrogen and oxygen atoms in total. The molecule has 0 aliphatic carbocycles. The lowest BCUT2D eigenvalue weighted by Gasteiger charge is -2.31. The van der Waals surface area contributed by atoms with Crippen molar-refractivity contribution in [1.82, 2.24) is 4.98 Å². The molecule has 4 rings (SSSR count). The highest BCUT2D eigenvalue weighted by Crippen LogP contribution is 2.33. The van der Waals surface area contributed by atoms with Gasteiger partial charge in [-0.25, -0.2) is 4.98 Å². The van der Waals surface area contributed by atoms with E-state index in [2.05, 4.69) is 10.2 Å². The van der Waals surface area contributed by atoms with E-state index in [-0.39, 0.29) is 17.6 Å². The van der Waals surface area contributed by atoms with Gasteiger partial charge in [-0.1, -0.05) is 17.4 Å². The third kappa shape index (κ3) is 3.83. The topological polar surface area (TPSA) is 74.7 Å². The van der Waals surface area contributed by atoms with Crippen molar-refractivity contribution < 1.29 is 14.6 Å². The van der Waals surface area contributed by atoms with Crippen LogP contribution in [-0.2, 0) is 4.79 Å². The number of aromatic hydroxyl groups is 1. The second kappa shape index (κ2) is 7.44. The molecule has 1 aliphatic rings.